The quantitative estimate of drug-likeness (QED) is 0.304. The molecular formula is C10H15NO5. The average molecular weight is 229 g/mol. The Labute approximate surface area is 93.1 Å². The van der Waals surface area contributed by atoms with Gasteiger partial charge in [-0.3, -0.25) is 19.7 Å². The smallest absolute Gasteiger partial charge is 0.316 e. The average Bonchev–Trinajstić information content (AvgIpc) is 2.23. The van der Waals surface area contributed by atoms with Crippen LogP contribution < -0.4 is 0 Å². The van der Waals surface area contributed by atoms with Crippen molar-refractivity contribution in [1.29, 1.82) is 0 Å². The van der Waals surface area contributed by atoms with E-state index in [4.69, 9.17) is 0 Å². The molecule has 0 heterocycles. The number of esters is 1. The first-order valence-corrected chi connectivity index (χ1v) is 5.30. The van der Waals surface area contributed by atoms with Crippen molar-refractivity contribution >= 4 is 11.8 Å². The van der Waals surface area contributed by atoms with Crippen LogP contribution >= 0.6 is 0 Å². The summed E-state index contributed by atoms with van der Waals surface area (Å²) in [6, 6.07) is -0.650. The minimum absolute atomic E-state index is 0.0887. The highest BCUT2D eigenvalue weighted by Crippen LogP contribution is 2.22. The first-order chi connectivity index (χ1) is 7.56. The van der Waals surface area contributed by atoms with Crippen molar-refractivity contribution in [2.75, 3.05) is 7.11 Å². The molecule has 6 nitrogen and oxygen atoms in total. The maximum absolute atomic E-state index is 11.6. The Bertz CT molecular complexity index is 302. The van der Waals surface area contributed by atoms with Gasteiger partial charge in [0.25, 0.3) is 0 Å². The van der Waals surface area contributed by atoms with Crippen molar-refractivity contribution in [2.45, 2.75) is 38.1 Å². The van der Waals surface area contributed by atoms with Gasteiger partial charge in [-0.05, 0) is 12.8 Å². The van der Waals surface area contributed by atoms with Crippen LogP contribution in [0.25, 0.3) is 0 Å². The molecule has 0 amide bonds. The van der Waals surface area contributed by atoms with E-state index in [2.05, 4.69) is 4.74 Å². The first kappa shape index (κ1) is 12.6. The monoisotopic (exact) mass is 229 g/mol. The normalized spacial score (nSPS) is 26.7. The number of ether oxygens (including phenoxy) is 1. The Morgan fingerprint density at radius 3 is 2.69 bits per heavy atom. The zero-order valence-electron chi connectivity index (χ0n) is 9.18. The number of carbonyl (C=O) groups is 2. The third-order valence-electron chi connectivity index (χ3n) is 2.93. The summed E-state index contributed by atoms with van der Waals surface area (Å²) in [5, 5.41) is 10.6. The Morgan fingerprint density at radius 1 is 1.44 bits per heavy atom. The highest BCUT2D eigenvalue weighted by molar-refractivity contribution is 5.98. The molecule has 90 valence electrons. The predicted octanol–water partition coefficient (Wildman–Crippen LogP) is 0.954. The number of hydrogen-bond donors (Lipinski definition) is 0. The van der Waals surface area contributed by atoms with Gasteiger partial charge in [0.2, 0.25) is 6.04 Å². The lowest BCUT2D eigenvalue weighted by Crippen LogP contribution is -2.30. The Kier molecular flexibility index (Phi) is 4.39. The number of Topliss-reactive ketones (excluding diaryl/α,β-unsaturated/α-hetero) is 1. The molecule has 1 rings (SSSR count). The van der Waals surface area contributed by atoms with E-state index in [1.807, 2.05) is 0 Å². The molecule has 0 bridgehead atoms. The second kappa shape index (κ2) is 5.58. The van der Waals surface area contributed by atoms with Gasteiger partial charge >= 0.3 is 5.97 Å². The van der Waals surface area contributed by atoms with Gasteiger partial charge in [-0.15, -0.1) is 0 Å². The largest absolute Gasteiger partial charge is 0.468 e. The molecule has 0 radical (unpaired) electrons. The molecule has 0 aromatic rings. The fourth-order valence-corrected chi connectivity index (χ4v) is 1.95. The van der Waals surface area contributed by atoms with Crippen LogP contribution in [0.1, 0.15) is 32.1 Å². The van der Waals surface area contributed by atoms with Crippen LogP contribution in [-0.2, 0) is 14.3 Å². The van der Waals surface area contributed by atoms with Crippen LogP contribution in [0.2, 0.25) is 0 Å². The fraction of sp³-hybridized carbons (Fsp3) is 0.800. The van der Waals surface area contributed by atoms with Gasteiger partial charge in [-0.1, -0.05) is 0 Å². The molecule has 16 heavy (non-hydrogen) atoms. The van der Waals surface area contributed by atoms with Gasteiger partial charge in [0.15, 0.2) is 0 Å². The van der Waals surface area contributed by atoms with E-state index in [1.54, 1.807) is 0 Å². The second-order valence-electron chi connectivity index (χ2n) is 3.95. The van der Waals surface area contributed by atoms with Crippen molar-refractivity contribution in [2.24, 2.45) is 5.92 Å². The predicted molar refractivity (Wildman–Crippen MR) is 54.4 cm³/mol. The van der Waals surface area contributed by atoms with E-state index < -0.39 is 17.9 Å². The van der Waals surface area contributed by atoms with Crippen molar-refractivity contribution in [1.82, 2.24) is 0 Å². The zero-order chi connectivity index (χ0) is 12.1. The topological polar surface area (TPSA) is 86.5 Å². The molecule has 0 aromatic carbocycles. The van der Waals surface area contributed by atoms with Crippen molar-refractivity contribution in [3.05, 3.63) is 10.1 Å². The molecule has 1 saturated carbocycles. The summed E-state index contributed by atoms with van der Waals surface area (Å²) in [5.41, 5.74) is 0. The number of methoxy groups -OCH3 is 1. The number of hydrogen-bond acceptors (Lipinski definition) is 5. The van der Waals surface area contributed by atoms with E-state index in [1.165, 1.54) is 7.11 Å². The summed E-state index contributed by atoms with van der Waals surface area (Å²) in [7, 11) is 1.24. The molecule has 1 aliphatic rings. The van der Waals surface area contributed by atoms with Crippen LogP contribution in [0.4, 0.5) is 0 Å². The maximum atomic E-state index is 11.6. The van der Waals surface area contributed by atoms with Crippen LogP contribution in [0.15, 0.2) is 0 Å². The number of carbonyl (C=O) groups excluding carboxylic acids is 2. The molecule has 1 aliphatic carbocycles. The number of nitro groups is 1. The molecule has 0 aliphatic heterocycles. The highest BCUT2D eigenvalue weighted by atomic mass is 16.6. The van der Waals surface area contributed by atoms with Crippen molar-refractivity contribution in [3.8, 4) is 0 Å². The fourth-order valence-electron chi connectivity index (χ4n) is 1.95. The highest BCUT2D eigenvalue weighted by Gasteiger charge is 2.32. The molecule has 0 unspecified atom stereocenters. The standard InChI is InChI=1S/C10H15NO5/c1-16-10(13)8-4-2-3-7(11(14)15)5-6-9(8)12/h7-8H,2-6H2,1H3/t7-,8-/m0/s1. The minimum Gasteiger partial charge on any atom is -0.468 e. The molecule has 0 N–H and O–H groups in total. The van der Waals surface area contributed by atoms with Crippen LogP contribution in [0, 0.1) is 16.0 Å². The number of nitrogens with zero attached hydrogens (tertiary/aromatic N) is 1. The molecule has 6 heteroatoms. The van der Waals surface area contributed by atoms with Crippen LogP contribution in [0.3, 0.4) is 0 Å². The Balaban J connectivity index is 2.62. The summed E-state index contributed by atoms with van der Waals surface area (Å²) >= 11 is 0. The second-order valence-corrected chi connectivity index (χ2v) is 3.95. The van der Waals surface area contributed by atoms with Crippen LogP contribution in [-0.4, -0.2) is 29.8 Å². The molecule has 1 fully saturated rings. The summed E-state index contributed by atoms with van der Waals surface area (Å²) in [5.74, 6) is -1.49. The molecule has 0 spiro atoms. The lowest BCUT2D eigenvalue weighted by atomic mass is 9.88. The SMILES string of the molecule is COC(=O)[C@H]1CCC[C@H]([N+](=O)[O-])CCC1=O. The first-order valence-electron chi connectivity index (χ1n) is 5.30. The van der Waals surface area contributed by atoms with Gasteiger partial charge in [-0.2, -0.15) is 0 Å². The van der Waals surface area contributed by atoms with Gasteiger partial charge in [-0.25, -0.2) is 0 Å². The molecule has 0 saturated heterocycles. The Morgan fingerprint density at radius 2 is 2.12 bits per heavy atom. The van der Waals surface area contributed by atoms with E-state index in [0.717, 1.165) is 0 Å². The maximum Gasteiger partial charge on any atom is 0.316 e. The summed E-state index contributed by atoms with van der Waals surface area (Å²) in [6.45, 7) is 0. The van der Waals surface area contributed by atoms with E-state index in [9.17, 15) is 19.7 Å². The van der Waals surface area contributed by atoms with Gasteiger partial charge in [0.05, 0.1) is 7.11 Å². The third-order valence-corrected chi connectivity index (χ3v) is 2.93. The van der Waals surface area contributed by atoms with Crippen LogP contribution in [0.5, 0.6) is 0 Å². The summed E-state index contributed by atoms with van der Waals surface area (Å²) in [4.78, 5) is 33.2. The molecular weight excluding hydrogens is 214 g/mol. The van der Waals surface area contributed by atoms with E-state index in [0.29, 0.717) is 19.3 Å². The van der Waals surface area contributed by atoms with Gasteiger partial charge in [0, 0.05) is 24.2 Å². The lowest BCUT2D eigenvalue weighted by molar-refractivity contribution is -0.524. The summed E-state index contributed by atoms with van der Waals surface area (Å²) in [6.07, 6.45) is 1.60. The van der Waals surface area contributed by atoms with Crippen molar-refractivity contribution in [3.63, 3.8) is 0 Å². The number of ketones is 1. The van der Waals surface area contributed by atoms with Crippen molar-refractivity contribution < 1.29 is 19.2 Å². The molecule has 2 atom stereocenters. The zero-order valence-corrected chi connectivity index (χ0v) is 9.18. The van der Waals surface area contributed by atoms with E-state index in [-0.39, 0.29) is 23.5 Å². The lowest BCUT2D eigenvalue weighted by Gasteiger charge is -2.18. The number of rotatable bonds is 2. The van der Waals surface area contributed by atoms with Gasteiger partial charge < -0.3 is 4.74 Å². The Hall–Kier alpha value is -1.46. The molecule has 0 aromatic heterocycles. The minimum atomic E-state index is -0.724. The van der Waals surface area contributed by atoms with Gasteiger partial charge in [0.1, 0.15) is 11.7 Å². The third kappa shape index (κ3) is 3.01. The summed E-state index contributed by atoms with van der Waals surface area (Å²) < 4.78 is 4.54. The van der Waals surface area contributed by atoms with E-state index >= 15 is 0 Å².